The van der Waals surface area contributed by atoms with Gasteiger partial charge in [-0.3, -0.25) is 0 Å². The van der Waals surface area contributed by atoms with E-state index in [2.05, 4.69) is 26.0 Å². The molecule has 0 amide bonds. The number of benzene rings is 2. The van der Waals surface area contributed by atoms with E-state index in [4.69, 9.17) is 0 Å². The van der Waals surface area contributed by atoms with Gasteiger partial charge in [0, 0.05) is 0 Å². The van der Waals surface area contributed by atoms with Gasteiger partial charge in [-0.15, -0.1) is 0 Å². The fraction of sp³-hybridized carbons (Fsp3) is 0.706. The van der Waals surface area contributed by atoms with Crippen LogP contribution in [0.4, 0.5) is 0 Å². The van der Waals surface area contributed by atoms with Crippen molar-refractivity contribution in [2.24, 2.45) is 0 Å². The Balaban J connectivity index is 0.00000760. The molecule has 0 heterocycles. The van der Waals surface area contributed by atoms with Crippen molar-refractivity contribution in [3.05, 3.63) is 41.5 Å². The van der Waals surface area contributed by atoms with Crippen LogP contribution in [0.25, 0.3) is 10.8 Å². The van der Waals surface area contributed by atoms with Crippen LogP contribution in [0.15, 0.2) is 35.2 Å². The van der Waals surface area contributed by atoms with Gasteiger partial charge in [-0.1, -0.05) is 160 Å². The number of unbranched alkanes of at least 4 members (excludes halogenated alkanes) is 18. The first-order valence-corrected chi connectivity index (χ1v) is 17.4. The van der Waals surface area contributed by atoms with Crippen LogP contribution in [0.2, 0.25) is 0 Å². The maximum absolute atomic E-state index is 12.3. The summed E-state index contributed by atoms with van der Waals surface area (Å²) in [6.07, 6.45) is 27.0. The fourth-order valence-electron chi connectivity index (χ4n) is 5.76. The summed E-state index contributed by atoms with van der Waals surface area (Å²) in [5.74, 6) is 0. The van der Waals surface area contributed by atoms with E-state index in [1.807, 2.05) is 18.2 Å². The molecule has 0 unspecified atom stereocenters. The number of hydrogen-bond acceptors (Lipinski definition) is 3. The topological polar surface area (TPSA) is 57.2 Å². The minimum absolute atomic E-state index is 0. The first-order valence-electron chi connectivity index (χ1n) is 16.0. The van der Waals surface area contributed by atoms with E-state index in [1.54, 1.807) is 0 Å². The van der Waals surface area contributed by atoms with Crippen LogP contribution >= 0.6 is 0 Å². The van der Waals surface area contributed by atoms with Crippen molar-refractivity contribution >= 4 is 20.9 Å². The van der Waals surface area contributed by atoms with Crippen molar-refractivity contribution in [2.45, 2.75) is 160 Å². The van der Waals surface area contributed by atoms with Crippen molar-refractivity contribution in [1.29, 1.82) is 0 Å². The zero-order chi connectivity index (χ0) is 27.5. The molecule has 0 aliphatic heterocycles. The van der Waals surface area contributed by atoms with Crippen LogP contribution in [-0.2, 0) is 23.0 Å². The number of rotatable bonds is 23. The van der Waals surface area contributed by atoms with Gasteiger partial charge in [0.05, 0.1) is 4.90 Å². The molecule has 0 radical (unpaired) electrons. The van der Waals surface area contributed by atoms with Crippen LogP contribution in [0, 0.1) is 0 Å². The average molecular weight is 583 g/mol. The van der Waals surface area contributed by atoms with E-state index in [-0.39, 0.29) is 56.3 Å². The molecule has 0 saturated carbocycles. The molecule has 0 fully saturated rings. The van der Waals surface area contributed by atoms with E-state index >= 15 is 0 Å². The molecule has 2 rings (SSSR count). The molecule has 0 N–H and O–H groups in total. The van der Waals surface area contributed by atoms with Crippen molar-refractivity contribution in [1.82, 2.24) is 0 Å². The molecule has 0 atom stereocenters. The summed E-state index contributed by atoms with van der Waals surface area (Å²) in [6, 6.07) is 9.81. The van der Waals surface area contributed by atoms with E-state index in [0.29, 0.717) is 17.4 Å². The molecular weight excluding hydrogens is 528 g/mol. The molecule has 0 aromatic heterocycles. The molecule has 0 spiro atoms. The summed E-state index contributed by atoms with van der Waals surface area (Å²) in [7, 11) is -4.53. The molecule has 0 bridgehead atoms. The molecular formula is C34H55KO3S. The SMILES string of the molecule is CCCCCCCCCCCCc1ccc2c(CCCCCCCCCCCC)cccc2c1S(=O)(=O)[O-].[K+]. The first-order chi connectivity index (χ1) is 18.5. The minimum Gasteiger partial charge on any atom is -0.744 e. The van der Waals surface area contributed by atoms with Gasteiger partial charge in [0.25, 0.3) is 0 Å². The second-order valence-corrected chi connectivity index (χ2v) is 12.7. The molecule has 5 heteroatoms. The number of hydrogen-bond donors (Lipinski definition) is 0. The second-order valence-electron chi connectivity index (χ2n) is 11.4. The summed E-state index contributed by atoms with van der Waals surface area (Å²) in [5.41, 5.74) is 1.86. The molecule has 3 nitrogen and oxygen atoms in total. The Kier molecular flexibility index (Phi) is 21.8. The van der Waals surface area contributed by atoms with E-state index in [1.165, 1.54) is 109 Å². The van der Waals surface area contributed by atoms with Gasteiger partial charge >= 0.3 is 51.4 Å². The largest absolute Gasteiger partial charge is 1.00 e. The standard InChI is InChI=1S/C34H56O3S.K/c1-3-5-7-9-11-13-15-17-19-21-24-30-26-23-27-33-32(30)29-28-31(34(33)38(35,36)37)25-22-20-18-16-14-12-10-8-6-4-2;/h23,26-29H,3-22,24-25H2,1-2H3,(H,35,36,37);/q;+1/p-1. The third-order valence-corrected chi connectivity index (χ3v) is 9.02. The van der Waals surface area contributed by atoms with Crippen molar-refractivity contribution < 1.29 is 64.4 Å². The number of fused-ring (bicyclic) bond motifs is 1. The van der Waals surface area contributed by atoms with Gasteiger partial charge in [-0.2, -0.15) is 0 Å². The van der Waals surface area contributed by atoms with Gasteiger partial charge in [0.15, 0.2) is 0 Å². The second kappa shape index (κ2) is 22.8. The zero-order valence-electron chi connectivity index (χ0n) is 25.6. The van der Waals surface area contributed by atoms with E-state index in [9.17, 15) is 13.0 Å². The van der Waals surface area contributed by atoms with Gasteiger partial charge < -0.3 is 4.55 Å². The molecule has 39 heavy (non-hydrogen) atoms. The molecule has 216 valence electrons. The van der Waals surface area contributed by atoms with Crippen LogP contribution in [-0.4, -0.2) is 13.0 Å². The van der Waals surface area contributed by atoms with E-state index < -0.39 is 10.1 Å². The molecule has 0 aliphatic rings. The summed E-state index contributed by atoms with van der Waals surface area (Å²) in [4.78, 5) is 0.0239. The molecule has 0 saturated heterocycles. The third kappa shape index (κ3) is 15.3. The van der Waals surface area contributed by atoms with Gasteiger partial charge in [-0.05, 0) is 47.6 Å². The average Bonchev–Trinajstić information content (AvgIpc) is 2.89. The van der Waals surface area contributed by atoms with Crippen molar-refractivity contribution in [3.8, 4) is 0 Å². The third-order valence-electron chi connectivity index (χ3n) is 8.03. The Morgan fingerprint density at radius 3 is 1.36 bits per heavy atom. The monoisotopic (exact) mass is 582 g/mol. The predicted octanol–water partition coefficient (Wildman–Crippen LogP) is 7.67. The molecule has 2 aromatic carbocycles. The number of aryl methyl sites for hydroxylation is 2. The van der Waals surface area contributed by atoms with Crippen LogP contribution < -0.4 is 51.4 Å². The van der Waals surface area contributed by atoms with Gasteiger partial charge in [0.2, 0.25) is 0 Å². The Morgan fingerprint density at radius 1 is 0.513 bits per heavy atom. The fourth-order valence-corrected chi connectivity index (χ4v) is 6.69. The van der Waals surface area contributed by atoms with Crippen molar-refractivity contribution in [3.63, 3.8) is 0 Å². The van der Waals surface area contributed by atoms with Crippen LogP contribution in [0.5, 0.6) is 0 Å². The Bertz CT molecular complexity index is 1000. The zero-order valence-corrected chi connectivity index (χ0v) is 29.5. The minimum atomic E-state index is -4.53. The summed E-state index contributed by atoms with van der Waals surface area (Å²) < 4.78 is 37.0. The Labute approximate surface area is 283 Å². The Morgan fingerprint density at radius 2 is 0.923 bits per heavy atom. The molecule has 2 aromatic rings. The quantitative estimate of drug-likeness (QED) is 0.0767. The smallest absolute Gasteiger partial charge is 0.744 e. The maximum atomic E-state index is 12.3. The predicted molar refractivity (Wildman–Crippen MR) is 163 cm³/mol. The summed E-state index contributed by atoms with van der Waals surface area (Å²) in [5, 5.41) is 1.55. The van der Waals surface area contributed by atoms with Crippen LogP contribution in [0.1, 0.15) is 153 Å². The maximum Gasteiger partial charge on any atom is 1.00 e. The Hall–Kier alpha value is 0.246. The molecule has 0 aliphatic carbocycles. The normalized spacial score (nSPS) is 11.7. The van der Waals surface area contributed by atoms with Crippen LogP contribution in [0.3, 0.4) is 0 Å². The summed E-state index contributed by atoms with van der Waals surface area (Å²) >= 11 is 0. The van der Waals surface area contributed by atoms with Gasteiger partial charge in [-0.25, -0.2) is 8.42 Å². The summed E-state index contributed by atoms with van der Waals surface area (Å²) in [6.45, 7) is 4.51. The van der Waals surface area contributed by atoms with Crippen molar-refractivity contribution in [2.75, 3.05) is 0 Å². The van der Waals surface area contributed by atoms with E-state index in [0.717, 1.165) is 36.6 Å². The van der Waals surface area contributed by atoms with Gasteiger partial charge in [0.1, 0.15) is 10.1 Å². The first kappa shape index (κ1) is 37.3.